The molecule has 0 bridgehead atoms. The molecular weight excluding hydrogens is 350 g/mol. The maximum Gasteiger partial charge on any atom is 0.270 e. The van der Waals surface area contributed by atoms with Crippen molar-refractivity contribution < 1.29 is 4.92 Å². The summed E-state index contributed by atoms with van der Waals surface area (Å²) < 4.78 is 0. The molecule has 1 aromatic heterocycles. The van der Waals surface area contributed by atoms with Crippen LogP contribution in [-0.4, -0.2) is 9.91 Å². The minimum Gasteiger partial charge on any atom is -0.357 e. The van der Waals surface area contributed by atoms with Crippen LogP contribution in [0.1, 0.15) is 48.7 Å². The van der Waals surface area contributed by atoms with E-state index in [4.69, 9.17) is 0 Å². The fourth-order valence-corrected chi connectivity index (χ4v) is 3.87. The van der Waals surface area contributed by atoms with E-state index in [0.717, 1.165) is 30.2 Å². The molecule has 3 aromatic rings. The number of hydrogen-bond acceptors (Lipinski definition) is 3. The Kier molecular flexibility index (Phi) is 5.30. The summed E-state index contributed by atoms with van der Waals surface area (Å²) in [6.07, 6.45) is 3.12. The number of nitro groups is 1. The van der Waals surface area contributed by atoms with Crippen LogP contribution in [0, 0.1) is 10.1 Å². The highest BCUT2D eigenvalue weighted by molar-refractivity contribution is 5.87. The number of halogens is 1. The number of nitrogens with one attached hydrogen (secondary N) is 2. The standard InChI is InChI=1S/C20H21N3O2.ClH/c1-13(14-6-3-2-4-7-14)21-19-9-5-8-16-17-12-15(23(24)25)10-11-18(17)22-20(16)19;/h2-4,6-7,10-13,19,21-22H,5,8-9H2,1H3;1H. The Morgan fingerprint density at radius 3 is 2.73 bits per heavy atom. The lowest BCUT2D eigenvalue weighted by atomic mass is 9.91. The Bertz CT molecular complexity index is 923. The molecule has 0 radical (unpaired) electrons. The molecule has 26 heavy (non-hydrogen) atoms. The van der Waals surface area contributed by atoms with Crippen molar-refractivity contribution in [2.24, 2.45) is 0 Å². The molecule has 0 aliphatic heterocycles. The van der Waals surface area contributed by atoms with Gasteiger partial charge in [-0.25, -0.2) is 0 Å². The second kappa shape index (κ2) is 7.48. The Morgan fingerprint density at radius 1 is 1.23 bits per heavy atom. The minimum absolute atomic E-state index is 0. The van der Waals surface area contributed by atoms with Crippen LogP contribution in [0.5, 0.6) is 0 Å². The summed E-state index contributed by atoms with van der Waals surface area (Å²) in [5, 5.41) is 15.8. The highest BCUT2D eigenvalue weighted by atomic mass is 35.5. The van der Waals surface area contributed by atoms with Gasteiger partial charge in [0.25, 0.3) is 5.69 Å². The van der Waals surface area contributed by atoms with Gasteiger partial charge in [0, 0.05) is 40.8 Å². The summed E-state index contributed by atoms with van der Waals surface area (Å²) in [6.45, 7) is 2.18. The second-order valence-electron chi connectivity index (χ2n) is 6.75. The van der Waals surface area contributed by atoms with Gasteiger partial charge in [-0.15, -0.1) is 12.4 Å². The van der Waals surface area contributed by atoms with Gasteiger partial charge >= 0.3 is 0 Å². The number of fused-ring (bicyclic) bond motifs is 3. The summed E-state index contributed by atoms with van der Waals surface area (Å²) in [7, 11) is 0. The third-order valence-corrected chi connectivity index (χ3v) is 5.15. The first kappa shape index (κ1) is 18.4. The Hall–Kier alpha value is -2.37. The molecule has 6 heteroatoms. The van der Waals surface area contributed by atoms with E-state index in [1.165, 1.54) is 16.8 Å². The average Bonchev–Trinajstić information content (AvgIpc) is 3.01. The molecule has 1 aliphatic rings. The highest BCUT2D eigenvalue weighted by Crippen LogP contribution is 2.37. The van der Waals surface area contributed by atoms with Crippen molar-refractivity contribution in [1.82, 2.24) is 10.3 Å². The van der Waals surface area contributed by atoms with E-state index in [-0.39, 0.29) is 35.1 Å². The van der Waals surface area contributed by atoms with Gasteiger partial charge in [-0.1, -0.05) is 30.3 Å². The number of aryl methyl sites for hydroxylation is 1. The molecule has 2 N–H and O–H groups in total. The molecule has 1 heterocycles. The number of nitro benzene ring substituents is 1. The smallest absolute Gasteiger partial charge is 0.270 e. The van der Waals surface area contributed by atoms with Crippen molar-refractivity contribution in [3.05, 3.63) is 75.5 Å². The molecular formula is C20H22ClN3O2. The molecule has 2 unspecified atom stereocenters. The van der Waals surface area contributed by atoms with Crippen molar-refractivity contribution in [3.8, 4) is 0 Å². The summed E-state index contributed by atoms with van der Waals surface area (Å²) in [6, 6.07) is 16.0. The quantitative estimate of drug-likeness (QED) is 0.487. The fourth-order valence-electron chi connectivity index (χ4n) is 3.87. The van der Waals surface area contributed by atoms with Crippen LogP contribution >= 0.6 is 12.4 Å². The lowest BCUT2D eigenvalue weighted by Crippen LogP contribution is -2.27. The monoisotopic (exact) mass is 371 g/mol. The predicted octanol–water partition coefficient (Wildman–Crippen LogP) is 5.23. The van der Waals surface area contributed by atoms with E-state index in [1.807, 2.05) is 12.1 Å². The van der Waals surface area contributed by atoms with Gasteiger partial charge < -0.3 is 10.3 Å². The van der Waals surface area contributed by atoms with Gasteiger partial charge in [0.15, 0.2) is 0 Å². The first-order valence-electron chi connectivity index (χ1n) is 8.73. The number of non-ortho nitro benzene ring substituents is 1. The van der Waals surface area contributed by atoms with E-state index in [2.05, 4.69) is 41.5 Å². The molecule has 0 fully saturated rings. The van der Waals surface area contributed by atoms with Gasteiger partial charge in [0.1, 0.15) is 0 Å². The van der Waals surface area contributed by atoms with Crippen LogP contribution in [0.25, 0.3) is 10.9 Å². The lowest BCUT2D eigenvalue weighted by Gasteiger charge is -2.27. The Labute approximate surface area is 158 Å². The van der Waals surface area contributed by atoms with Crippen molar-refractivity contribution in [2.45, 2.75) is 38.3 Å². The topological polar surface area (TPSA) is 71.0 Å². The number of nitrogens with zero attached hydrogens (tertiary/aromatic N) is 1. The number of hydrogen-bond donors (Lipinski definition) is 2. The van der Waals surface area contributed by atoms with Crippen LogP contribution in [0.15, 0.2) is 48.5 Å². The van der Waals surface area contributed by atoms with Crippen molar-refractivity contribution >= 4 is 29.0 Å². The molecule has 1 aliphatic carbocycles. The molecule has 5 nitrogen and oxygen atoms in total. The zero-order valence-corrected chi connectivity index (χ0v) is 15.4. The summed E-state index contributed by atoms with van der Waals surface area (Å²) >= 11 is 0. The van der Waals surface area contributed by atoms with Crippen LogP contribution in [0.2, 0.25) is 0 Å². The maximum absolute atomic E-state index is 11.1. The van der Waals surface area contributed by atoms with Crippen LogP contribution in [0.3, 0.4) is 0 Å². The summed E-state index contributed by atoms with van der Waals surface area (Å²) in [5.41, 5.74) is 4.81. The predicted molar refractivity (Wildman–Crippen MR) is 106 cm³/mol. The fraction of sp³-hybridized carbons (Fsp3) is 0.300. The summed E-state index contributed by atoms with van der Waals surface area (Å²) in [5.74, 6) is 0. The van der Waals surface area contributed by atoms with Crippen LogP contribution in [-0.2, 0) is 6.42 Å². The van der Waals surface area contributed by atoms with Gasteiger partial charge in [-0.3, -0.25) is 10.1 Å². The van der Waals surface area contributed by atoms with E-state index in [9.17, 15) is 10.1 Å². The number of rotatable bonds is 4. The first-order valence-corrected chi connectivity index (χ1v) is 8.73. The normalized spacial score (nSPS) is 17.3. The molecule has 2 aromatic carbocycles. The zero-order valence-electron chi connectivity index (χ0n) is 14.6. The lowest BCUT2D eigenvalue weighted by molar-refractivity contribution is -0.384. The van der Waals surface area contributed by atoms with Gasteiger partial charge in [-0.2, -0.15) is 0 Å². The molecule has 0 amide bonds. The molecule has 136 valence electrons. The average molecular weight is 372 g/mol. The van der Waals surface area contributed by atoms with Gasteiger partial charge in [0.05, 0.1) is 4.92 Å². The van der Waals surface area contributed by atoms with Gasteiger partial charge in [-0.05, 0) is 43.4 Å². The molecule has 0 spiro atoms. The molecule has 4 rings (SSSR count). The number of aromatic amines is 1. The number of H-pyrrole nitrogens is 1. The third kappa shape index (κ3) is 3.32. The first-order chi connectivity index (χ1) is 12.1. The highest BCUT2D eigenvalue weighted by Gasteiger charge is 2.26. The zero-order chi connectivity index (χ0) is 17.4. The minimum atomic E-state index is -0.325. The molecule has 0 saturated heterocycles. The molecule has 2 atom stereocenters. The largest absolute Gasteiger partial charge is 0.357 e. The van der Waals surface area contributed by atoms with E-state index in [1.54, 1.807) is 12.1 Å². The number of aromatic nitrogens is 1. The van der Waals surface area contributed by atoms with Crippen molar-refractivity contribution in [3.63, 3.8) is 0 Å². The van der Waals surface area contributed by atoms with E-state index >= 15 is 0 Å². The maximum atomic E-state index is 11.1. The summed E-state index contributed by atoms with van der Waals surface area (Å²) in [4.78, 5) is 14.3. The van der Waals surface area contributed by atoms with Crippen LogP contribution in [0.4, 0.5) is 5.69 Å². The number of benzene rings is 2. The van der Waals surface area contributed by atoms with Crippen molar-refractivity contribution in [2.75, 3.05) is 0 Å². The Morgan fingerprint density at radius 2 is 2.00 bits per heavy atom. The Balaban J connectivity index is 0.00000196. The van der Waals surface area contributed by atoms with Crippen LogP contribution < -0.4 is 5.32 Å². The SMILES string of the molecule is CC(NC1CCCc2c1[nH]c1ccc([N+](=O)[O-])cc21)c1ccccc1.Cl. The second-order valence-corrected chi connectivity index (χ2v) is 6.75. The van der Waals surface area contributed by atoms with Crippen molar-refractivity contribution in [1.29, 1.82) is 0 Å². The third-order valence-electron chi connectivity index (χ3n) is 5.15. The molecule has 0 saturated carbocycles. The van der Waals surface area contributed by atoms with Gasteiger partial charge in [0.2, 0.25) is 0 Å². The van der Waals surface area contributed by atoms with E-state index < -0.39 is 0 Å². The van der Waals surface area contributed by atoms with E-state index in [0.29, 0.717) is 0 Å².